The van der Waals surface area contributed by atoms with Crippen molar-refractivity contribution in [2.45, 2.75) is 25.4 Å². The largest absolute Gasteiger partial charge is 0.508 e. The van der Waals surface area contributed by atoms with E-state index in [-0.39, 0.29) is 12.6 Å². The lowest BCUT2D eigenvalue weighted by Gasteiger charge is -2.20. The number of nitrogens with one attached hydrogen (secondary N) is 1. The van der Waals surface area contributed by atoms with Crippen LogP contribution in [-0.4, -0.2) is 16.8 Å². The summed E-state index contributed by atoms with van der Waals surface area (Å²) in [5.74, 6) is 0.315. The topological polar surface area (TPSA) is 52.5 Å². The first kappa shape index (κ1) is 16.5. The Morgan fingerprint density at radius 3 is 2.42 bits per heavy atom. The monoisotopic (exact) mass is 321 g/mol. The molecular formula is C21H23NO2. The van der Waals surface area contributed by atoms with Gasteiger partial charge in [0.2, 0.25) is 0 Å². The Bertz CT molecular complexity index is 786. The van der Waals surface area contributed by atoms with Crippen LogP contribution in [0.1, 0.15) is 30.0 Å². The molecule has 0 radical (unpaired) electrons. The molecule has 0 saturated carbocycles. The van der Waals surface area contributed by atoms with Crippen molar-refractivity contribution < 1.29 is 10.2 Å². The van der Waals surface area contributed by atoms with Crippen LogP contribution in [-0.2, 0) is 6.54 Å². The predicted molar refractivity (Wildman–Crippen MR) is 98.0 cm³/mol. The van der Waals surface area contributed by atoms with E-state index in [4.69, 9.17) is 5.11 Å². The summed E-state index contributed by atoms with van der Waals surface area (Å²) in [5.41, 5.74) is 2.11. The molecule has 0 aliphatic heterocycles. The van der Waals surface area contributed by atoms with Crippen molar-refractivity contribution >= 4 is 10.8 Å². The maximum Gasteiger partial charge on any atom is 0.120 e. The van der Waals surface area contributed by atoms with Crippen molar-refractivity contribution in [1.82, 2.24) is 5.32 Å². The van der Waals surface area contributed by atoms with Crippen LogP contribution in [0.5, 0.6) is 5.75 Å². The fourth-order valence-electron chi connectivity index (χ4n) is 3.10. The molecule has 124 valence electrons. The van der Waals surface area contributed by atoms with Crippen LogP contribution in [0.4, 0.5) is 0 Å². The molecule has 0 spiro atoms. The fraction of sp³-hybridized carbons (Fsp3) is 0.238. The summed E-state index contributed by atoms with van der Waals surface area (Å²) in [7, 11) is 0. The van der Waals surface area contributed by atoms with Gasteiger partial charge in [-0.1, -0.05) is 60.7 Å². The molecule has 0 bridgehead atoms. The summed E-state index contributed by atoms with van der Waals surface area (Å²) in [6.07, 6.45) is 1.60. The van der Waals surface area contributed by atoms with E-state index >= 15 is 0 Å². The van der Waals surface area contributed by atoms with E-state index in [2.05, 4.69) is 23.5 Å². The van der Waals surface area contributed by atoms with Gasteiger partial charge in [-0.15, -0.1) is 0 Å². The lowest BCUT2D eigenvalue weighted by atomic mass is 10.00. The van der Waals surface area contributed by atoms with Crippen molar-refractivity contribution in [2.75, 3.05) is 6.61 Å². The number of fused-ring (bicyclic) bond motifs is 1. The van der Waals surface area contributed by atoms with Crippen LogP contribution >= 0.6 is 0 Å². The van der Waals surface area contributed by atoms with E-state index in [1.807, 2.05) is 42.5 Å². The van der Waals surface area contributed by atoms with Gasteiger partial charge in [-0.25, -0.2) is 0 Å². The fourth-order valence-corrected chi connectivity index (χ4v) is 3.10. The van der Waals surface area contributed by atoms with Gasteiger partial charge < -0.3 is 15.5 Å². The number of aliphatic hydroxyl groups is 1. The third-order valence-corrected chi connectivity index (χ3v) is 4.39. The summed E-state index contributed by atoms with van der Waals surface area (Å²) in [4.78, 5) is 0. The molecular weight excluding hydrogens is 298 g/mol. The number of aliphatic hydroxyl groups excluding tert-OH is 1. The summed E-state index contributed by atoms with van der Waals surface area (Å²) in [5, 5.41) is 25.2. The highest BCUT2D eigenvalue weighted by molar-refractivity contribution is 5.87. The van der Waals surface area contributed by atoms with Gasteiger partial charge in [-0.2, -0.15) is 0 Å². The molecule has 3 heteroatoms. The lowest BCUT2D eigenvalue weighted by molar-refractivity contribution is 0.274. The van der Waals surface area contributed by atoms with Crippen LogP contribution in [0, 0.1) is 0 Å². The third kappa shape index (κ3) is 3.75. The van der Waals surface area contributed by atoms with E-state index < -0.39 is 0 Å². The normalized spacial score (nSPS) is 12.4. The number of hydrogen-bond acceptors (Lipinski definition) is 3. The number of phenolic OH excluding ortho intramolecular Hbond substituents is 1. The summed E-state index contributed by atoms with van der Waals surface area (Å²) in [6, 6.07) is 22.2. The standard InChI is InChI=1S/C21H23NO2/c23-14-6-11-20(17-8-2-1-3-9-17)22-15-19-18-10-5-4-7-16(18)12-13-21(19)24/h1-5,7-10,12-13,20,22-24H,6,11,14-15H2. The van der Waals surface area contributed by atoms with Gasteiger partial charge in [0.05, 0.1) is 0 Å². The molecule has 0 amide bonds. The molecule has 0 saturated heterocycles. The number of phenols is 1. The second-order valence-electron chi connectivity index (χ2n) is 5.99. The first-order valence-electron chi connectivity index (χ1n) is 8.38. The van der Waals surface area contributed by atoms with Gasteiger partial charge in [-0.3, -0.25) is 0 Å². The molecule has 0 aliphatic rings. The average molecular weight is 321 g/mol. The lowest BCUT2D eigenvalue weighted by Crippen LogP contribution is -2.21. The number of hydrogen-bond donors (Lipinski definition) is 3. The van der Waals surface area contributed by atoms with Gasteiger partial charge in [0.25, 0.3) is 0 Å². The average Bonchev–Trinajstić information content (AvgIpc) is 2.64. The van der Waals surface area contributed by atoms with Crippen LogP contribution in [0.2, 0.25) is 0 Å². The Morgan fingerprint density at radius 1 is 0.875 bits per heavy atom. The Labute approximate surface area is 142 Å². The first-order chi connectivity index (χ1) is 11.8. The number of benzene rings is 3. The quantitative estimate of drug-likeness (QED) is 0.613. The molecule has 0 fully saturated rings. The van der Waals surface area contributed by atoms with Gasteiger partial charge in [0.15, 0.2) is 0 Å². The molecule has 3 aromatic carbocycles. The van der Waals surface area contributed by atoms with Crippen LogP contribution in [0.15, 0.2) is 66.7 Å². The van der Waals surface area contributed by atoms with E-state index in [0.29, 0.717) is 12.3 Å². The molecule has 0 heterocycles. The van der Waals surface area contributed by atoms with Crippen molar-refractivity contribution in [3.05, 3.63) is 77.9 Å². The minimum atomic E-state index is 0.150. The van der Waals surface area contributed by atoms with Gasteiger partial charge in [0.1, 0.15) is 5.75 Å². The zero-order valence-corrected chi connectivity index (χ0v) is 13.7. The highest BCUT2D eigenvalue weighted by Gasteiger charge is 2.13. The minimum absolute atomic E-state index is 0.150. The maximum atomic E-state index is 10.3. The summed E-state index contributed by atoms with van der Waals surface area (Å²) in [6.45, 7) is 0.767. The Morgan fingerprint density at radius 2 is 1.62 bits per heavy atom. The number of rotatable bonds is 7. The Balaban J connectivity index is 1.83. The van der Waals surface area contributed by atoms with Crippen LogP contribution in [0.25, 0.3) is 10.8 Å². The van der Waals surface area contributed by atoms with Crippen molar-refractivity contribution in [3.63, 3.8) is 0 Å². The smallest absolute Gasteiger partial charge is 0.120 e. The number of aromatic hydroxyl groups is 1. The maximum absolute atomic E-state index is 10.3. The second-order valence-corrected chi connectivity index (χ2v) is 5.99. The molecule has 3 nitrogen and oxygen atoms in total. The predicted octanol–water partition coefficient (Wildman–Crippen LogP) is 4.15. The van der Waals surface area contributed by atoms with Crippen LogP contribution < -0.4 is 5.32 Å². The van der Waals surface area contributed by atoms with Crippen molar-refractivity contribution in [2.24, 2.45) is 0 Å². The van der Waals surface area contributed by atoms with E-state index in [1.165, 1.54) is 5.56 Å². The molecule has 1 unspecified atom stereocenters. The minimum Gasteiger partial charge on any atom is -0.508 e. The van der Waals surface area contributed by atoms with Crippen molar-refractivity contribution in [1.29, 1.82) is 0 Å². The molecule has 3 aromatic rings. The highest BCUT2D eigenvalue weighted by atomic mass is 16.3. The Hall–Kier alpha value is -2.36. The first-order valence-corrected chi connectivity index (χ1v) is 8.38. The molecule has 0 aliphatic carbocycles. The molecule has 3 N–H and O–H groups in total. The molecule has 1 atom stereocenters. The SMILES string of the molecule is OCCCC(NCc1c(O)ccc2ccccc12)c1ccccc1. The van der Waals surface area contributed by atoms with Gasteiger partial charge in [0, 0.05) is 24.8 Å². The molecule has 0 aromatic heterocycles. The summed E-state index contributed by atoms with van der Waals surface area (Å²) < 4.78 is 0. The van der Waals surface area contributed by atoms with Gasteiger partial charge in [-0.05, 0) is 35.2 Å². The Kier molecular flexibility index (Phi) is 5.47. The third-order valence-electron chi connectivity index (χ3n) is 4.39. The summed E-state index contributed by atoms with van der Waals surface area (Å²) >= 11 is 0. The van der Waals surface area contributed by atoms with Gasteiger partial charge >= 0.3 is 0 Å². The zero-order chi connectivity index (χ0) is 16.8. The van der Waals surface area contributed by atoms with Crippen LogP contribution in [0.3, 0.4) is 0 Å². The van der Waals surface area contributed by atoms with E-state index in [9.17, 15) is 5.11 Å². The van der Waals surface area contributed by atoms with E-state index in [1.54, 1.807) is 6.07 Å². The zero-order valence-electron chi connectivity index (χ0n) is 13.7. The van der Waals surface area contributed by atoms with E-state index in [0.717, 1.165) is 29.2 Å². The van der Waals surface area contributed by atoms with Crippen molar-refractivity contribution in [3.8, 4) is 5.75 Å². The highest BCUT2D eigenvalue weighted by Crippen LogP contribution is 2.28. The molecule has 24 heavy (non-hydrogen) atoms. The second kappa shape index (κ2) is 7.95. The molecule has 3 rings (SSSR count).